The minimum Gasteiger partial charge on any atom is -0.508 e. The largest absolute Gasteiger partial charge is 0.508 e. The van der Waals surface area contributed by atoms with Crippen molar-refractivity contribution in [1.82, 2.24) is 5.32 Å². The first-order valence-corrected chi connectivity index (χ1v) is 10.4. The van der Waals surface area contributed by atoms with Gasteiger partial charge in [-0.25, -0.2) is 9.59 Å². The molecule has 1 aromatic heterocycles. The number of amides is 1. The summed E-state index contributed by atoms with van der Waals surface area (Å²) in [5, 5.41) is 19.3. The topological polar surface area (TPSA) is 156 Å². The summed E-state index contributed by atoms with van der Waals surface area (Å²) in [6.45, 7) is 3.37. The molecule has 0 saturated carbocycles. The molecule has 0 aliphatic heterocycles. The molecule has 0 saturated heterocycles. The number of rotatable bonds is 7. The van der Waals surface area contributed by atoms with E-state index in [9.17, 15) is 32.7 Å². The Morgan fingerprint density at radius 3 is 2.24 bits per heavy atom. The van der Waals surface area contributed by atoms with E-state index in [4.69, 9.17) is 15.6 Å². The molecule has 1 unspecified atom stereocenters. The van der Waals surface area contributed by atoms with E-state index in [2.05, 4.69) is 10.1 Å². The number of hydrogen-bond donors (Lipinski definition) is 4. The van der Waals surface area contributed by atoms with Crippen LogP contribution in [0.4, 0.5) is 13.2 Å². The number of Topliss-reactive ketones (excluding diaryl/α,β-unsaturated/α-hetero) is 1. The average Bonchev–Trinajstić information content (AvgIpc) is 3.20. The molecule has 1 atom stereocenters. The molecule has 2 aromatic rings. The predicted molar refractivity (Wildman–Crippen MR) is 116 cm³/mol. The Balaban J connectivity index is 0.000000718. The van der Waals surface area contributed by atoms with Crippen LogP contribution in [0.25, 0.3) is 0 Å². The van der Waals surface area contributed by atoms with Crippen LogP contribution in [0, 0.1) is 0 Å². The van der Waals surface area contributed by atoms with Crippen molar-refractivity contribution in [3.8, 4) is 5.75 Å². The number of aromatic hydroxyl groups is 1. The van der Waals surface area contributed by atoms with E-state index in [0.29, 0.717) is 16.9 Å². The van der Waals surface area contributed by atoms with Gasteiger partial charge in [-0.05, 0) is 42.7 Å². The number of carboxylic acid groups (broad SMARTS) is 1. The molecule has 1 amide bonds. The zero-order valence-electron chi connectivity index (χ0n) is 18.4. The average molecular weight is 504 g/mol. The Labute approximate surface area is 196 Å². The molecule has 2 rings (SSSR count). The number of phenols is 1. The lowest BCUT2D eigenvalue weighted by molar-refractivity contribution is -0.192. The number of halogens is 3. The number of aliphatic carboxylic acids is 1. The van der Waals surface area contributed by atoms with Crippen molar-refractivity contribution in [1.29, 1.82) is 0 Å². The van der Waals surface area contributed by atoms with Crippen molar-refractivity contribution in [2.75, 3.05) is 7.11 Å². The van der Waals surface area contributed by atoms with Gasteiger partial charge >= 0.3 is 18.1 Å². The molecule has 0 bridgehead atoms. The number of alkyl halides is 3. The van der Waals surface area contributed by atoms with Gasteiger partial charge in [-0.3, -0.25) is 9.59 Å². The first-order chi connectivity index (χ1) is 15.6. The molecule has 9 nitrogen and oxygen atoms in total. The number of carbonyl (C=O) groups excluding carboxylic acids is 3. The van der Waals surface area contributed by atoms with Crippen LogP contribution >= 0.6 is 11.3 Å². The lowest BCUT2D eigenvalue weighted by atomic mass is 9.94. The molecule has 5 N–H and O–H groups in total. The van der Waals surface area contributed by atoms with Gasteiger partial charge < -0.3 is 26.0 Å². The standard InChI is InChI=1S/C19H22N2O5S.C2HF3O2/c1-4-12-9-14(17(24)21-10-11-6-5-7-13(22)8-11)27-15(12)16(23)19(2,20)18(25)26-3;3-2(4,5)1(6)7/h5-9,22H,4,10,20H2,1-3H3,(H,21,24);(H,6,7). The van der Waals surface area contributed by atoms with Crippen molar-refractivity contribution in [2.45, 2.75) is 38.5 Å². The molecule has 1 heterocycles. The normalized spacial score (nSPS) is 12.6. The number of ketones is 1. The third-order valence-electron chi connectivity index (χ3n) is 4.31. The number of carbonyl (C=O) groups is 4. The van der Waals surface area contributed by atoms with E-state index in [1.807, 2.05) is 6.92 Å². The highest BCUT2D eigenvalue weighted by Gasteiger charge is 2.40. The van der Waals surface area contributed by atoms with E-state index in [0.717, 1.165) is 24.0 Å². The second-order valence-corrected chi connectivity index (χ2v) is 8.05. The molecule has 0 aliphatic rings. The molecule has 186 valence electrons. The van der Waals surface area contributed by atoms with Gasteiger partial charge in [-0.1, -0.05) is 19.1 Å². The number of methoxy groups -OCH3 is 1. The zero-order chi connectivity index (χ0) is 26.3. The van der Waals surface area contributed by atoms with Crippen LogP contribution in [-0.2, 0) is 27.3 Å². The number of hydrogen-bond acceptors (Lipinski definition) is 8. The van der Waals surface area contributed by atoms with Crippen molar-refractivity contribution in [3.63, 3.8) is 0 Å². The molecule has 0 fully saturated rings. The Bertz CT molecular complexity index is 1060. The molecule has 13 heteroatoms. The minimum absolute atomic E-state index is 0.115. The molecular weight excluding hydrogens is 481 g/mol. The number of carboxylic acids is 1. The monoisotopic (exact) mass is 504 g/mol. The molecule has 0 radical (unpaired) electrons. The first kappa shape index (κ1) is 28.6. The summed E-state index contributed by atoms with van der Waals surface area (Å²) < 4.78 is 36.3. The number of phenolic OH excluding ortho intramolecular Hbond substituents is 1. The highest BCUT2D eigenvalue weighted by molar-refractivity contribution is 7.16. The summed E-state index contributed by atoms with van der Waals surface area (Å²) >= 11 is 0.995. The summed E-state index contributed by atoms with van der Waals surface area (Å²) in [7, 11) is 1.16. The smallest absolute Gasteiger partial charge is 0.490 e. The highest BCUT2D eigenvalue weighted by Crippen LogP contribution is 2.27. The van der Waals surface area contributed by atoms with Crippen molar-refractivity contribution < 1.29 is 47.3 Å². The summed E-state index contributed by atoms with van der Waals surface area (Å²) in [5.74, 6) is -4.41. The van der Waals surface area contributed by atoms with E-state index < -0.39 is 29.4 Å². The van der Waals surface area contributed by atoms with Crippen LogP contribution in [0.15, 0.2) is 30.3 Å². The third-order valence-corrected chi connectivity index (χ3v) is 5.48. The van der Waals surface area contributed by atoms with E-state index in [1.165, 1.54) is 6.92 Å². The molecule has 34 heavy (non-hydrogen) atoms. The van der Waals surface area contributed by atoms with E-state index in [1.54, 1.807) is 30.3 Å². The number of benzene rings is 1. The van der Waals surface area contributed by atoms with Gasteiger partial charge in [0.15, 0.2) is 5.54 Å². The van der Waals surface area contributed by atoms with Crippen LogP contribution < -0.4 is 11.1 Å². The van der Waals surface area contributed by atoms with Crippen molar-refractivity contribution in [2.24, 2.45) is 5.73 Å². The second-order valence-electron chi connectivity index (χ2n) is 7.00. The van der Waals surface area contributed by atoms with Crippen molar-refractivity contribution >= 4 is 35.0 Å². The molecule has 0 spiro atoms. The number of nitrogens with two attached hydrogens (primary N) is 1. The van der Waals surface area contributed by atoms with Gasteiger partial charge in [0.2, 0.25) is 5.78 Å². The van der Waals surface area contributed by atoms with E-state index in [-0.39, 0.29) is 23.1 Å². The predicted octanol–water partition coefficient (Wildman–Crippen LogP) is 2.65. The SMILES string of the molecule is CCc1cc(C(=O)NCc2cccc(O)c2)sc1C(=O)C(C)(N)C(=O)OC.O=C(O)C(F)(F)F. The highest BCUT2D eigenvalue weighted by atomic mass is 32.1. The molecule has 0 aliphatic carbocycles. The maximum Gasteiger partial charge on any atom is 0.490 e. The van der Waals surface area contributed by atoms with Gasteiger partial charge in [0.05, 0.1) is 16.9 Å². The Morgan fingerprint density at radius 2 is 1.76 bits per heavy atom. The Kier molecular flexibility index (Phi) is 9.76. The maximum atomic E-state index is 12.7. The quantitative estimate of drug-likeness (QED) is 0.255. The van der Waals surface area contributed by atoms with Crippen LogP contribution in [-0.4, -0.2) is 52.7 Å². The molecular formula is C21H23F3N2O7S. The molecule has 1 aromatic carbocycles. The minimum atomic E-state index is -5.08. The second kappa shape index (κ2) is 11.6. The number of thiophene rings is 1. The zero-order valence-corrected chi connectivity index (χ0v) is 19.2. The van der Waals surface area contributed by atoms with Gasteiger partial charge in [0.25, 0.3) is 5.91 Å². The lowest BCUT2D eigenvalue weighted by Crippen LogP contribution is -2.52. The van der Waals surface area contributed by atoms with Crippen LogP contribution in [0.3, 0.4) is 0 Å². The fraction of sp³-hybridized carbons (Fsp3) is 0.333. The van der Waals surface area contributed by atoms with E-state index >= 15 is 0 Å². The number of nitrogens with one attached hydrogen (secondary N) is 1. The van der Waals surface area contributed by atoms with Crippen LogP contribution in [0.1, 0.15) is 44.3 Å². The summed E-state index contributed by atoms with van der Waals surface area (Å²) in [6, 6.07) is 8.18. The Morgan fingerprint density at radius 1 is 1.18 bits per heavy atom. The van der Waals surface area contributed by atoms with Gasteiger partial charge in [0.1, 0.15) is 5.75 Å². The lowest BCUT2D eigenvalue weighted by Gasteiger charge is -2.19. The third kappa shape index (κ3) is 7.56. The summed E-state index contributed by atoms with van der Waals surface area (Å²) in [5.41, 5.74) is 5.43. The van der Waals surface area contributed by atoms with Crippen molar-refractivity contribution in [3.05, 3.63) is 51.2 Å². The number of aryl methyl sites for hydroxylation is 1. The maximum absolute atomic E-state index is 12.7. The Hall–Kier alpha value is -3.45. The summed E-state index contributed by atoms with van der Waals surface area (Å²) in [4.78, 5) is 46.5. The van der Waals surface area contributed by atoms with Gasteiger partial charge in [0, 0.05) is 6.54 Å². The summed E-state index contributed by atoms with van der Waals surface area (Å²) in [6.07, 6.45) is -4.57. The van der Waals surface area contributed by atoms with Crippen LogP contribution in [0.2, 0.25) is 0 Å². The van der Waals surface area contributed by atoms with Gasteiger partial charge in [-0.15, -0.1) is 11.3 Å². The number of ether oxygens (including phenoxy) is 1. The fourth-order valence-electron chi connectivity index (χ4n) is 2.47. The number of esters is 1. The van der Waals surface area contributed by atoms with Crippen LogP contribution in [0.5, 0.6) is 5.75 Å². The first-order valence-electron chi connectivity index (χ1n) is 9.56. The van der Waals surface area contributed by atoms with Gasteiger partial charge in [-0.2, -0.15) is 13.2 Å². The fourth-order valence-corrected chi connectivity index (χ4v) is 3.70.